The number of halogens is 1. The lowest BCUT2D eigenvalue weighted by Gasteiger charge is -2.18. The molecule has 0 saturated carbocycles. The Bertz CT molecular complexity index is 541. The summed E-state index contributed by atoms with van der Waals surface area (Å²) in [5, 5.41) is 9.43. The van der Waals surface area contributed by atoms with E-state index in [-0.39, 0.29) is 11.9 Å². The van der Waals surface area contributed by atoms with Gasteiger partial charge in [0.05, 0.1) is 0 Å². The van der Waals surface area contributed by atoms with Crippen molar-refractivity contribution in [3.63, 3.8) is 0 Å². The Morgan fingerprint density at radius 1 is 1.47 bits per heavy atom. The number of rotatable bonds is 2. The van der Waals surface area contributed by atoms with Crippen LogP contribution in [0.2, 0.25) is 5.28 Å². The molecule has 1 aliphatic heterocycles. The number of hydrogen-bond acceptors (Lipinski definition) is 4. The van der Waals surface area contributed by atoms with E-state index in [2.05, 4.69) is 14.9 Å². The van der Waals surface area contributed by atoms with Gasteiger partial charge >= 0.3 is 0 Å². The van der Waals surface area contributed by atoms with E-state index in [1.807, 2.05) is 22.7 Å². The minimum absolute atomic E-state index is 0.226. The summed E-state index contributed by atoms with van der Waals surface area (Å²) in [6, 6.07) is 3.82. The number of anilines is 1. The lowest BCUT2D eigenvalue weighted by molar-refractivity contribution is 0.238. The van der Waals surface area contributed by atoms with Crippen LogP contribution in [0.15, 0.2) is 18.3 Å². The van der Waals surface area contributed by atoms with Crippen molar-refractivity contribution in [1.29, 1.82) is 0 Å². The second-order valence-electron chi connectivity index (χ2n) is 4.31. The van der Waals surface area contributed by atoms with Crippen molar-refractivity contribution in [1.82, 2.24) is 14.4 Å². The van der Waals surface area contributed by atoms with E-state index in [1.165, 1.54) is 0 Å². The third-order valence-electron chi connectivity index (χ3n) is 3.17. The Morgan fingerprint density at radius 2 is 2.35 bits per heavy atom. The largest absolute Gasteiger partial charge is 0.396 e. The van der Waals surface area contributed by atoms with Crippen LogP contribution in [0.1, 0.15) is 6.42 Å². The highest BCUT2D eigenvalue weighted by Crippen LogP contribution is 2.23. The van der Waals surface area contributed by atoms with Gasteiger partial charge in [0, 0.05) is 31.8 Å². The third kappa shape index (κ3) is 1.85. The second kappa shape index (κ2) is 4.16. The summed E-state index contributed by atoms with van der Waals surface area (Å²) in [5.74, 6) is 1.13. The molecule has 0 aromatic carbocycles. The fraction of sp³-hybridized carbons (Fsp3) is 0.455. The van der Waals surface area contributed by atoms with E-state index < -0.39 is 0 Å². The van der Waals surface area contributed by atoms with E-state index in [4.69, 9.17) is 16.7 Å². The highest BCUT2D eigenvalue weighted by atomic mass is 35.5. The first kappa shape index (κ1) is 10.8. The Morgan fingerprint density at radius 3 is 3.12 bits per heavy atom. The van der Waals surface area contributed by atoms with Gasteiger partial charge in [0.2, 0.25) is 11.2 Å². The van der Waals surface area contributed by atoms with Crippen molar-refractivity contribution >= 4 is 23.2 Å². The van der Waals surface area contributed by atoms with Gasteiger partial charge < -0.3 is 10.0 Å². The monoisotopic (exact) mass is 252 g/mol. The normalized spacial score (nSPS) is 20.4. The molecule has 2 aromatic heterocycles. The summed E-state index contributed by atoms with van der Waals surface area (Å²) in [5.41, 5.74) is 0.799. The molecule has 3 heterocycles. The van der Waals surface area contributed by atoms with Gasteiger partial charge in [-0.15, -0.1) is 0 Å². The average Bonchev–Trinajstić information content (AvgIpc) is 2.95. The highest BCUT2D eigenvalue weighted by Gasteiger charge is 2.24. The lowest BCUT2D eigenvalue weighted by Crippen LogP contribution is -2.24. The fourth-order valence-corrected chi connectivity index (χ4v) is 2.44. The van der Waals surface area contributed by atoms with E-state index in [1.54, 1.807) is 0 Å². The van der Waals surface area contributed by atoms with Crippen LogP contribution in [0.4, 0.5) is 5.95 Å². The number of aliphatic hydroxyl groups excluding tert-OH is 1. The molecule has 0 aliphatic carbocycles. The van der Waals surface area contributed by atoms with Crippen LogP contribution in [-0.4, -0.2) is 39.2 Å². The van der Waals surface area contributed by atoms with Gasteiger partial charge in [0.1, 0.15) is 5.65 Å². The molecule has 1 fully saturated rings. The molecule has 0 unspecified atom stereocenters. The van der Waals surface area contributed by atoms with Crippen molar-refractivity contribution in [3.8, 4) is 0 Å². The van der Waals surface area contributed by atoms with E-state index in [0.717, 1.165) is 31.1 Å². The molecule has 0 spiro atoms. The molecule has 1 aliphatic rings. The molecule has 2 aromatic rings. The number of aliphatic hydroxyl groups is 1. The lowest BCUT2D eigenvalue weighted by atomic mass is 10.1. The molecule has 0 bridgehead atoms. The molecule has 6 heteroatoms. The summed E-state index contributed by atoms with van der Waals surface area (Å²) in [6.45, 7) is 1.94. The van der Waals surface area contributed by atoms with Crippen LogP contribution >= 0.6 is 11.6 Å². The summed E-state index contributed by atoms with van der Waals surface area (Å²) in [4.78, 5) is 10.6. The number of fused-ring (bicyclic) bond motifs is 1. The van der Waals surface area contributed by atoms with Crippen molar-refractivity contribution < 1.29 is 5.11 Å². The van der Waals surface area contributed by atoms with E-state index >= 15 is 0 Å². The molecule has 1 N–H and O–H groups in total. The third-order valence-corrected chi connectivity index (χ3v) is 3.34. The zero-order valence-corrected chi connectivity index (χ0v) is 10.0. The Balaban J connectivity index is 2.02. The molecule has 0 amide bonds. The second-order valence-corrected chi connectivity index (χ2v) is 4.65. The van der Waals surface area contributed by atoms with Crippen molar-refractivity contribution in [2.45, 2.75) is 6.42 Å². The Labute approximate surface area is 104 Å². The maximum absolute atomic E-state index is 9.17. The van der Waals surface area contributed by atoms with Crippen molar-refractivity contribution in [3.05, 3.63) is 23.6 Å². The standard InChI is InChI=1S/C11H13ClN4O/c12-10-13-9-2-1-4-16(9)11(14-10)15-5-3-8(6-15)7-17/h1-2,4,8,17H,3,5-7H2/t8-/m1/s1. The van der Waals surface area contributed by atoms with Crippen molar-refractivity contribution in [2.24, 2.45) is 5.92 Å². The molecule has 1 saturated heterocycles. The fourth-order valence-electron chi connectivity index (χ4n) is 2.27. The van der Waals surface area contributed by atoms with Gasteiger partial charge in [-0.1, -0.05) is 0 Å². The zero-order chi connectivity index (χ0) is 11.8. The van der Waals surface area contributed by atoms with Crippen LogP contribution in [-0.2, 0) is 0 Å². The summed E-state index contributed by atoms with van der Waals surface area (Å²) < 4.78 is 1.92. The quantitative estimate of drug-likeness (QED) is 0.873. The molecule has 5 nitrogen and oxygen atoms in total. The Hall–Kier alpha value is -1.33. The van der Waals surface area contributed by atoms with Crippen molar-refractivity contribution in [2.75, 3.05) is 24.6 Å². The number of nitrogens with zero attached hydrogens (tertiary/aromatic N) is 4. The first-order valence-electron chi connectivity index (χ1n) is 5.64. The van der Waals surface area contributed by atoms with Gasteiger partial charge in [0.25, 0.3) is 0 Å². The van der Waals surface area contributed by atoms with Crippen LogP contribution in [0, 0.1) is 5.92 Å². The maximum Gasteiger partial charge on any atom is 0.227 e. The molecule has 1 atom stereocenters. The van der Waals surface area contributed by atoms with Gasteiger partial charge in [-0.05, 0) is 30.2 Å². The SMILES string of the molecule is OC[C@@H]1CCN(c2nc(Cl)nc3cccn23)C1. The minimum Gasteiger partial charge on any atom is -0.396 e. The predicted molar refractivity (Wildman–Crippen MR) is 65.4 cm³/mol. The average molecular weight is 253 g/mol. The van der Waals surface area contributed by atoms with Crippen LogP contribution < -0.4 is 4.90 Å². The molecule has 0 radical (unpaired) electrons. The van der Waals surface area contributed by atoms with Gasteiger partial charge in [-0.2, -0.15) is 9.97 Å². The highest BCUT2D eigenvalue weighted by molar-refractivity contribution is 6.28. The molecule has 3 rings (SSSR count). The van der Waals surface area contributed by atoms with Gasteiger partial charge in [0.15, 0.2) is 0 Å². The van der Waals surface area contributed by atoms with Gasteiger partial charge in [-0.25, -0.2) is 0 Å². The summed E-state index contributed by atoms with van der Waals surface area (Å²) in [6.07, 6.45) is 2.91. The van der Waals surface area contributed by atoms with Crippen LogP contribution in [0.25, 0.3) is 5.65 Å². The number of aromatic nitrogens is 3. The Kier molecular flexibility index (Phi) is 2.64. The van der Waals surface area contributed by atoms with E-state index in [9.17, 15) is 0 Å². The number of hydrogen-bond donors (Lipinski definition) is 1. The zero-order valence-electron chi connectivity index (χ0n) is 9.25. The van der Waals surface area contributed by atoms with E-state index in [0.29, 0.717) is 5.92 Å². The summed E-state index contributed by atoms with van der Waals surface area (Å²) >= 11 is 5.92. The molecule has 90 valence electrons. The maximum atomic E-state index is 9.17. The minimum atomic E-state index is 0.226. The smallest absolute Gasteiger partial charge is 0.227 e. The molecule has 17 heavy (non-hydrogen) atoms. The molecular weight excluding hydrogens is 240 g/mol. The summed E-state index contributed by atoms with van der Waals surface area (Å²) in [7, 11) is 0. The van der Waals surface area contributed by atoms with Crippen LogP contribution in [0.5, 0.6) is 0 Å². The first-order chi connectivity index (χ1) is 8.28. The topological polar surface area (TPSA) is 53.7 Å². The molecular formula is C11H13ClN4O. The first-order valence-corrected chi connectivity index (χ1v) is 6.02. The van der Waals surface area contributed by atoms with Crippen LogP contribution in [0.3, 0.4) is 0 Å². The predicted octanol–water partition coefficient (Wildman–Crippen LogP) is 1.20. The van der Waals surface area contributed by atoms with Gasteiger partial charge in [-0.3, -0.25) is 4.40 Å².